The van der Waals surface area contributed by atoms with E-state index in [0.717, 1.165) is 6.42 Å². The summed E-state index contributed by atoms with van der Waals surface area (Å²) in [7, 11) is -3.74. The van der Waals surface area contributed by atoms with E-state index in [1.807, 2.05) is 6.92 Å². The van der Waals surface area contributed by atoms with Gasteiger partial charge in [-0.15, -0.1) is 0 Å². The molecule has 0 radical (unpaired) electrons. The SMILES string of the molecule is CC(N)C1CCCN(S(=O)(=O)c2ccc(C(=O)NCC(F)(F)F)cc2)C1. The predicted octanol–water partition coefficient (Wildman–Crippen LogP) is 1.73. The second-order valence-corrected chi connectivity index (χ2v) is 8.38. The van der Waals surface area contributed by atoms with Gasteiger partial charge in [-0.2, -0.15) is 17.5 Å². The first-order valence-electron chi connectivity index (χ1n) is 8.21. The first-order valence-corrected chi connectivity index (χ1v) is 9.65. The first-order chi connectivity index (χ1) is 12.0. The Labute approximate surface area is 150 Å². The van der Waals surface area contributed by atoms with E-state index in [-0.39, 0.29) is 22.4 Å². The average Bonchev–Trinajstić information content (AvgIpc) is 2.59. The summed E-state index contributed by atoms with van der Waals surface area (Å²) in [6.45, 7) is 1.11. The summed E-state index contributed by atoms with van der Waals surface area (Å²) < 4.78 is 63.2. The van der Waals surface area contributed by atoms with Crippen LogP contribution in [-0.2, 0) is 10.0 Å². The summed E-state index contributed by atoms with van der Waals surface area (Å²) in [5.74, 6) is -0.841. The third-order valence-corrected chi connectivity index (χ3v) is 6.25. The molecule has 0 aromatic heterocycles. The van der Waals surface area contributed by atoms with E-state index in [4.69, 9.17) is 5.73 Å². The monoisotopic (exact) mass is 393 g/mol. The Hall–Kier alpha value is -1.65. The van der Waals surface area contributed by atoms with Gasteiger partial charge in [-0.1, -0.05) is 0 Å². The minimum Gasteiger partial charge on any atom is -0.343 e. The molecule has 1 aliphatic rings. The van der Waals surface area contributed by atoms with Crippen molar-refractivity contribution in [3.05, 3.63) is 29.8 Å². The Morgan fingerprint density at radius 2 is 1.96 bits per heavy atom. The number of sulfonamides is 1. The zero-order chi connectivity index (χ0) is 19.5. The van der Waals surface area contributed by atoms with Gasteiger partial charge in [0.1, 0.15) is 6.54 Å². The molecule has 6 nitrogen and oxygen atoms in total. The summed E-state index contributed by atoms with van der Waals surface area (Å²) in [4.78, 5) is 11.7. The molecule has 2 unspecified atom stereocenters. The molecule has 2 atom stereocenters. The quantitative estimate of drug-likeness (QED) is 0.797. The van der Waals surface area contributed by atoms with Gasteiger partial charge in [-0.25, -0.2) is 8.42 Å². The van der Waals surface area contributed by atoms with Crippen LogP contribution in [-0.4, -0.2) is 50.5 Å². The van der Waals surface area contributed by atoms with Gasteiger partial charge >= 0.3 is 6.18 Å². The fraction of sp³-hybridized carbons (Fsp3) is 0.562. The lowest BCUT2D eigenvalue weighted by molar-refractivity contribution is -0.123. The molecule has 0 bridgehead atoms. The highest BCUT2D eigenvalue weighted by atomic mass is 32.2. The van der Waals surface area contributed by atoms with Crippen molar-refractivity contribution in [3.63, 3.8) is 0 Å². The molecule has 10 heteroatoms. The minimum absolute atomic E-state index is 0.00445. The summed E-state index contributed by atoms with van der Waals surface area (Å²) in [5.41, 5.74) is 5.84. The minimum atomic E-state index is -4.51. The Bertz CT molecular complexity index is 733. The van der Waals surface area contributed by atoms with Crippen molar-refractivity contribution in [1.29, 1.82) is 0 Å². The van der Waals surface area contributed by atoms with Crippen molar-refractivity contribution in [3.8, 4) is 0 Å². The summed E-state index contributed by atoms with van der Waals surface area (Å²) in [6.07, 6.45) is -2.94. The molecular weight excluding hydrogens is 371 g/mol. The molecule has 1 aromatic rings. The number of rotatable bonds is 5. The molecule has 0 saturated carbocycles. The summed E-state index contributed by atoms with van der Waals surface area (Å²) in [6, 6.07) is 4.74. The van der Waals surface area contributed by atoms with Crippen molar-refractivity contribution in [2.24, 2.45) is 11.7 Å². The fourth-order valence-corrected chi connectivity index (χ4v) is 4.37. The molecule has 0 aliphatic carbocycles. The van der Waals surface area contributed by atoms with Crippen LogP contribution in [0.3, 0.4) is 0 Å². The van der Waals surface area contributed by atoms with Crippen molar-refractivity contribution in [2.45, 2.75) is 36.9 Å². The molecule has 1 saturated heterocycles. The molecule has 0 spiro atoms. The number of alkyl halides is 3. The maximum atomic E-state index is 12.7. The molecule has 146 valence electrons. The Kier molecular flexibility index (Phi) is 6.30. The molecule has 1 aromatic carbocycles. The topological polar surface area (TPSA) is 92.5 Å². The highest BCUT2D eigenvalue weighted by Crippen LogP contribution is 2.25. The highest BCUT2D eigenvalue weighted by molar-refractivity contribution is 7.89. The zero-order valence-electron chi connectivity index (χ0n) is 14.3. The van der Waals surface area contributed by atoms with E-state index < -0.39 is 28.7 Å². The van der Waals surface area contributed by atoms with E-state index in [1.54, 1.807) is 5.32 Å². The summed E-state index contributed by atoms with van der Waals surface area (Å²) in [5, 5.41) is 1.74. The molecule has 26 heavy (non-hydrogen) atoms. The van der Waals surface area contributed by atoms with Crippen molar-refractivity contribution in [2.75, 3.05) is 19.6 Å². The van der Waals surface area contributed by atoms with Crippen molar-refractivity contribution >= 4 is 15.9 Å². The number of carbonyl (C=O) groups excluding carboxylic acids is 1. The number of nitrogens with one attached hydrogen (secondary N) is 1. The number of hydrogen-bond donors (Lipinski definition) is 2. The Balaban J connectivity index is 2.10. The van der Waals surface area contributed by atoms with Crippen LogP contribution in [0, 0.1) is 5.92 Å². The van der Waals surface area contributed by atoms with Gasteiger partial charge in [-0.3, -0.25) is 4.79 Å². The number of benzene rings is 1. The van der Waals surface area contributed by atoms with Crippen LogP contribution in [0.1, 0.15) is 30.1 Å². The molecule has 2 rings (SSSR count). The van der Waals surface area contributed by atoms with Crippen LogP contribution in [0.2, 0.25) is 0 Å². The smallest absolute Gasteiger partial charge is 0.343 e. The number of hydrogen-bond acceptors (Lipinski definition) is 4. The summed E-state index contributed by atoms with van der Waals surface area (Å²) >= 11 is 0. The predicted molar refractivity (Wildman–Crippen MR) is 90.0 cm³/mol. The molecule has 3 N–H and O–H groups in total. The lowest BCUT2D eigenvalue weighted by Gasteiger charge is -2.33. The number of amides is 1. The standard InChI is InChI=1S/C16H22F3N3O3S/c1-11(20)13-3-2-8-22(9-13)26(24,25)14-6-4-12(5-7-14)15(23)21-10-16(17,18)19/h4-7,11,13H,2-3,8-10,20H2,1H3,(H,21,23). The molecular formula is C16H22F3N3O3S. The van der Waals surface area contributed by atoms with Gasteiger partial charge in [0.25, 0.3) is 5.91 Å². The number of nitrogens with zero attached hydrogens (tertiary/aromatic N) is 1. The van der Waals surface area contributed by atoms with Crippen molar-refractivity contribution in [1.82, 2.24) is 9.62 Å². The van der Waals surface area contributed by atoms with Crippen LogP contribution in [0.4, 0.5) is 13.2 Å². The van der Waals surface area contributed by atoms with E-state index in [0.29, 0.717) is 19.5 Å². The largest absolute Gasteiger partial charge is 0.405 e. The zero-order valence-corrected chi connectivity index (χ0v) is 15.1. The number of nitrogens with two attached hydrogens (primary N) is 1. The maximum absolute atomic E-state index is 12.7. The van der Waals surface area contributed by atoms with E-state index in [9.17, 15) is 26.4 Å². The van der Waals surface area contributed by atoms with E-state index >= 15 is 0 Å². The molecule has 1 amide bonds. The van der Waals surface area contributed by atoms with Crippen LogP contribution in [0.15, 0.2) is 29.2 Å². The lowest BCUT2D eigenvalue weighted by Crippen LogP contribution is -2.44. The number of halogens is 3. The maximum Gasteiger partial charge on any atom is 0.405 e. The van der Waals surface area contributed by atoms with Crippen LogP contribution in [0.5, 0.6) is 0 Å². The third kappa shape index (κ3) is 5.18. The first kappa shape index (κ1) is 20.7. The molecule has 1 aliphatic heterocycles. The van der Waals surface area contributed by atoms with Crippen molar-refractivity contribution < 1.29 is 26.4 Å². The van der Waals surface area contributed by atoms with E-state index in [1.165, 1.54) is 28.6 Å². The van der Waals surface area contributed by atoms with Gasteiger partial charge in [0.05, 0.1) is 4.90 Å². The number of carbonyl (C=O) groups is 1. The highest BCUT2D eigenvalue weighted by Gasteiger charge is 2.32. The lowest BCUT2D eigenvalue weighted by atomic mass is 9.93. The normalized spacial score (nSPS) is 20.6. The Morgan fingerprint density at radius 3 is 2.50 bits per heavy atom. The Morgan fingerprint density at radius 1 is 1.35 bits per heavy atom. The van der Waals surface area contributed by atoms with Gasteiger partial charge < -0.3 is 11.1 Å². The van der Waals surface area contributed by atoms with Crippen LogP contribution in [0.25, 0.3) is 0 Å². The third-order valence-electron chi connectivity index (χ3n) is 4.37. The van der Waals surface area contributed by atoms with E-state index in [2.05, 4.69) is 0 Å². The van der Waals surface area contributed by atoms with Crippen LogP contribution < -0.4 is 11.1 Å². The van der Waals surface area contributed by atoms with Gasteiger partial charge in [0.2, 0.25) is 10.0 Å². The fourth-order valence-electron chi connectivity index (χ4n) is 2.83. The molecule has 1 fully saturated rings. The van der Waals surface area contributed by atoms with Crippen LogP contribution >= 0.6 is 0 Å². The average molecular weight is 393 g/mol. The molecule has 1 heterocycles. The van der Waals surface area contributed by atoms with Gasteiger partial charge in [0, 0.05) is 24.7 Å². The van der Waals surface area contributed by atoms with Gasteiger partial charge in [0.15, 0.2) is 0 Å². The second kappa shape index (κ2) is 7.93. The second-order valence-electron chi connectivity index (χ2n) is 6.45. The number of piperidine rings is 1. The van der Waals surface area contributed by atoms with Gasteiger partial charge in [-0.05, 0) is 49.9 Å².